The molecule has 0 amide bonds. The molecule has 6 heteroatoms. The van der Waals surface area contributed by atoms with Crippen molar-refractivity contribution in [3.63, 3.8) is 0 Å². The number of aliphatic hydroxyl groups excluding tert-OH is 1. The minimum Gasteiger partial charge on any atom is -0.493 e. The highest BCUT2D eigenvalue weighted by atomic mass is 32.2. The third kappa shape index (κ3) is 1.15. The molecule has 0 atom stereocenters. The Morgan fingerprint density at radius 2 is 2.10 bits per heavy atom. The average molecular weight is 164 g/mol. The molecule has 0 aliphatic carbocycles. The van der Waals surface area contributed by atoms with E-state index in [0.29, 0.717) is 12.1 Å². The van der Waals surface area contributed by atoms with E-state index in [1.807, 2.05) is 4.72 Å². The SMILES string of the molecule is CCC1=C(O)NS(=O)(=O)N1. The molecule has 5 nitrogen and oxygen atoms in total. The van der Waals surface area contributed by atoms with E-state index in [1.54, 1.807) is 6.92 Å². The molecule has 0 bridgehead atoms. The Balaban J connectivity index is 2.88. The Morgan fingerprint density at radius 3 is 2.30 bits per heavy atom. The number of allylic oxidation sites excluding steroid dienone is 1. The second-order valence-electron chi connectivity index (χ2n) is 1.89. The molecule has 1 rings (SSSR count). The summed E-state index contributed by atoms with van der Waals surface area (Å²) in [6.07, 6.45) is 0.456. The highest BCUT2D eigenvalue weighted by Gasteiger charge is 2.22. The first-order chi connectivity index (χ1) is 4.55. The molecular weight excluding hydrogens is 156 g/mol. The van der Waals surface area contributed by atoms with Gasteiger partial charge >= 0.3 is 10.2 Å². The normalized spacial score (nSPS) is 22.1. The number of hydrogen-bond donors (Lipinski definition) is 3. The van der Waals surface area contributed by atoms with Crippen LogP contribution >= 0.6 is 0 Å². The van der Waals surface area contributed by atoms with Crippen LogP contribution < -0.4 is 9.44 Å². The number of aliphatic hydroxyl groups is 1. The zero-order valence-corrected chi connectivity index (χ0v) is 6.20. The van der Waals surface area contributed by atoms with Crippen molar-refractivity contribution in [2.24, 2.45) is 0 Å². The lowest BCUT2D eigenvalue weighted by Crippen LogP contribution is -2.25. The molecule has 58 valence electrons. The minimum atomic E-state index is -3.48. The summed E-state index contributed by atoms with van der Waals surface area (Å²) in [5.74, 6) is -0.303. The Kier molecular flexibility index (Phi) is 1.47. The van der Waals surface area contributed by atoms with Crippen LogP contribution in [0.1, 0.15) is 13.3 Å². The predicted molar refractivity (Wildman–Crippen MR) is 35.1 cm³/mol. The van der Waals surface area contributed by atoms with E-state index in [2.05, 4.69) is 4.72 Å². The van der Waals surface area contributed by atoms with Crippen LogP contribution in [0.5, 0.6) is 0 Å². The van der Waals surface area contributed by atoms with Crippen LogP contribution in [0.15, 0.2) is 11.6 Å². The average Bonchev–Trinajstić information content (AvgIpc) is 2.05. The van der Waals surface area contributed by atoms with Gasteiger partial charge in [-0.3, -0.25) is 4.72 Å². The number of nitrogens with one attached hydrogen (secondary N) is 2. The number of hydrogen-bond acceptors (Lipinski definition) is 3. The minimum absolute atomic E-state index is 0.303. The summed E-state index contributed by atoms with van der Waals surface area (Å²) in [6, 6.07) is 0. The molecule has 0 unspecified atom stereocenters. The molecular formula is C4H8N2O3S. The first-order valence-electron chi connectivity index (χ1n) is 2.78. The molecule has 0 radical (unpaired) electrons. The zero-order chi connectivity index (χ0) is 7.78. The van der Waals surface area contributed by atoms with Crippen LogP contribution in [-0.4, -0.2) is 13.5 Å². The van der Waals surface area contributed by atoms with Gasteiger partial charge in [-0.15, -0.1) is 0 Å². The molecule has 0 saturated heterocycles. The van der Waals surface area contributed by atoms with Crippen LogP contribution in [0.25, 0.3) is 0 Å². The molecule has 0 aromatic rings. The predicted octanol–water partition coefficient (Wildman–Crippen LogP) is -0.439. The first kappa shape index (κ1) is 7.20. The Labute approximate surface area is 58.9 Å². The van der Waals surface area contributed by atoms with Crippen molar-refractivity contribution < 1.29 is 13.5 Å². The van der Waals surface area contributed by atoms with E-state index >= 15 is 0 Å². The maximum Gasteiger partial charge on any atom is 0.323 e. The van der Waals surface area contributed by atoms with Gasteiger partial charge < -0.3 is 5.11 Å². The summed E-state index contributed by atoms with van der Waals surface area (Å²) in [5, 5.41) is 8.85. The molecule has 0 aromatic carbocycles. The maximum atomic E-state index is 10.6. The van der Waals surface area contributed by atoms with Gasteiger partial charge in [0.15, 0.2) is 0 Å². The Hall–Kier alpha value is -0.910. The third-order valence-electron chi connectivity index (χ3n) is 1.13. The van der Waals surface area contributed by atoms with Crippen LogP contribution in [0, 0.1) is 0 Å². The monoisotopic (exact) mass is 164 g/mol. The van der Waals surface area contributed by atoms with Gasteiger partial charge in [-0.2, -0.15) is 8.42 Å². The van der Waals surface area contributed by atoms with E-state index in [0.717, 1.165) is 0 Å². The topological polar surface area (TPSA) is 78.4 Å². The van der Waals surface area contributed by atoms with Crippen LogP contribution in [0.3, 0.4) is 0 Å². The maximum absolute atomic E-state index is 10.6. The van der Waals surface area contributed by atoms with Crippen molar-refractivity contribution in [1.29, 1.82) is 0 Å². The zero-order valence-electron chi connectivity index (χ0n) is 5.38. The lowest BCUT2D eigenvalue weighted by atomic mass is 10.4. The van der Waals surface area contributed by atoms with Gasteiger partial charge in [-0.1, -0.05) is 6.92 Å². The van der Waals surface area contributed by atoms with Crippen LogP contribution in [0.2, 0.25) is 0 Å². The van der Waals surface area contributed by atoms with Gasteiger partial charge in [0.05, 0.1) is 5.70 Å². The van der Waals surface area contributed by atoms with Crippen molar-refractivity contribution in [2.45, 2.75) is 13.3 Å². The van der Waals surface area contributed by atoms with E-state index < -0.39 is 10.2 Å². The van der Waals surface area contributed by atoms with Gasteiger partial charge in [0.2, 0.25) is 5.88 Å². The summed E-state index contributed by atoms with van der Waals surface area (Å²) in [7, 11) is -3.48. The second-order valence-corrected chi connectivity index (χ2v) is 3.30. The molecule has 3 N–H and O–H groups in total. The first-order valence-corrected chi connectivity index (χ1v) is 4.26. The fourth-order valence-corrected chi connectivity index (χ4v) is 1.66. The van der Waals surface area contributed by atoms with Gasteiger partial charge in [0.25, 0.3) is 0 Å². The fraction of sp³-hybridized carbons (Fsp3) is 0.500. The van der Waals surface area contributed by atoms with E-state index in [9.17, 15) is 8.42 Å². The summed E-state index contributed by atoms with van der Waals surface area (Å²) in [4.78, 5) is 0. The summed E-state index contributed by atoms with van der Waals surface area (Å²) in [5.41, 5.74) is 0.306. The van der Waals surface area contributed by atoms with Crippen LogP contribution in [0.4, 0.5) is 0 Å². The van der Waals surface area contributed by atoms with Crippen molar-refractivity contribution in [2.75, 3.05) is 0 Å². The van der Waals surface area contributed by atoms with E-state index in [4.69, 9.17) is 5.11 Å². The molecule has 1 heterocycles. The van der Waals surface area contributed by atoms with Gasteiger partial charge in [-0.05, 0) is 6.42 Å². The third-order valence-corrected chi connectivity index (χ3v) is 2.11. The quantitative estimate of drug-likeness (QED) is 0.491. The summed E-state index contributed by atoms with van der Waals surface area (Å²) >= 11 is 0. The molecule has 0 aromatic heterocycles. The highest BCUT2D eigenvalue weighted by Crippen LogP contribution is 2.08. The van der Waals surface area contributed by atoms with E-state index in [-0.39, 0.29) is 5.88 Å². The molecule has 1 aliphatic heterocycles. The Morgan fingerprint density at radius 1 is 1.50 bits per heavy atom. The molecule has 0 saturated carbocycles. The Bertz CT molecular complexity index is 266. The second kappa shape index (κ2) is 2.05. The smallest absolute Gasteiger partial charge is 0.323 e. The van der Waals surface area contributed by atoms with Gasteiger partial charge in [0, 0.05) is 0 Å². The lowest BCUT2D eigenvalue weighted by Gasteiger charge is -1.94. The molecule has 0 spiro atoms. The molecule has 1 aliphatic rings. The molecule has 0 fully saturated rings. The fourth-order valence-electron chi connectivity index (χ4n) is 0.665. The number of rotatable bonds is 1. The highest BCUT2D eigenvalue weighted by molar-refractivity contribution is 7.88. The van der Waals surface area contributed by atoms with Gasteiger partial charge in [0.1, 0.15) is 0 Å². The van der Waals surface area contributed by atoms with Crippen LogP contribution in [-0.2, 0) is 10.2 Å². The van der Waals surface area contributed by atoms with Crippen molar-refractivity contribution in [3.8, 4) is 0 Å². The van der Waals surface area contributed by atoms with Crippen molar-refractivity contribution >= 4 is 10.2 Å². The molecule has 10 heavy (non-hydrogen) atoms. The van der Waals surface area contributed by atoms with Crippen molar-refractivity contribution in [3.05, 3.63) is 11.6 Å². The standard InChI is InChI=1S/C4H8N2O3S/c1-2-3-4(7)6-10(8,9)5-3/h5-7H,2H2,1H3. The summed E-state index contributed by atoms with van der Waals surface area (Å²) < 4.78 is 25.2. The lowest BCUT2D eigenvalue weighted by molar-refractivity contribution is 0.385. The van der Waals surface area contributed by atoms with Gasteiger partial charge in [-0.25, -0.2) is 4.72 Å². The van der Waals surface area contributed by atoms with E-state index in [1.165, 1.54) is 0 Å². The largest absolute Gasteiger partial charge is 0.493 e. The van der Waals surface area contributed by atoms with Crippen molar-refractivity contribution in [1.82, 2.24) is 9.44 Å². The summed E-state index contributed by atoms with van der Waals surface area (Å²) in [6.45, 7) is 1.74.